The van der Waals surface area contributed by atoms with E-state index < -0.39 is 0 Å². The summed E-state index contributed by atoms with van der Waals surface area (Å²) in [4.78, 5) is 31.1. The Kier molecular flexibility index (Phi) is 3.47. The van der Waals surface area contributed by atoms with Gasteiger partial charge >= 0.3 is 0 Å². The highest BCUT2D eigenvalue weighted by Crippen LogP contribution is 2.17. The first-order chi connectivity index (χ1) is 8.58. The molecule has 0 aromatic carbocycles. The fraction of sp³-hybridized carbons (Fsp3) is 0.167. The molecule has 0 saturated carbocycles. The average molecular weight is 261 g/mol. The first kappa shape index (κ1) is 12.4. The summed E-state index contributed by atoms with van der Waals surface area (Å²) in [5, 5.41) is 4.68. The number of anilines is 1. The summed E-state index contributed by atoms with van der Waals surface area (Å²) < 4.78 is 0. The van der Waals surface area contributed by atoms with Gasteiger partial charge in [0.15, 0.2) is 10.9 Å². The molecule has 0 bridgehead atoms. The largest absolute Gasteiger partial charge is 0.298 e. The third-order valence-electron chi connectivity index (χ3n) is 2.34. The van der Waals surface area contributed by atoms with E-state index in [-0.39, 0.29) is 11.7 Å². The Hall–Kier alpha value is -2.08. The van der Waals surface area contributed by atoms with Crippen molar-refractivity contribution in [3.63, 3.8) is 0 Å². The smallest absolute Gasteiger partial charge is 0.259 e. The lowest BCUT2D eigenvalue weighted by Gasteiger charge is -2.03. The number of nitrogens with one attached hydrogen (secondary N) is 1. The van der Waals surface area contributed by atoms with Gasteiger partial charge in [-0.05, 0) is 19.1 Å². The quantitative estimate of drug-likeness (QED) is 0.860. The topological polar surface area (TPSA) is 72.0 Å². The van der Waals surface area contributed by atoms with Crippen molar-refractivity contribution in [1.82, 2.24) is 9.97 Å². The maximum Gasteiger partial charge on any atom is 0.259 e. The average Bonchev–Trinajstić information content (AvgIpc) is 2.78. The Labute approximate surface area is 108 Å². The van der Waals surface area contributed by atoms with Crippen LogP contribution in [0.1, 0.15) is 33.5 Å². The maximum absolute atomic E-state index is 11.9. The molecule has 1 amide bonds. The van der Waals surface area contributed by atoms with E-state index in [0.29, 0.717) is 22.1 Å². The van der Waals surface area contributed by atoms with E-state index in [1.165, 1.54) is 18.3 Å². The molecule has 1 N–H and O–H groups in total. The second-order valence-corrected chi connectivity index (χ2v) is 4.54. The van der Waals surface area contributed by atoms with Crippen LogP contribution in [0, 0.1) is 6.92 Å². The van der Waals surface area contributed by atoms with Crippen LogP contribution in [0.3, 0.4) is 0 Å². The van der Waals surface area contributed by atoms with Gasteiger partial charge in [0.1, 0.15) is 5.69 Å². The van der Waals surface area contributed by atoms with Crippen molar-refractivity contribution in [3.05, 3.63) is 40.7 Å². The van der Waals surface area contributed by atoms with Crippen LogP contribution in [0.15, 0.2) is 23.7 Å². The van der Waals surface area contributed by atoms with Crippen molar-refractivity contribution in [2.75, 3.05) is 5.32 Å². The molecule has 92 valence electrons. The van der Waals surface area contributed by atoms with Gasteiger partial charge in [0.25, 0.3) is 5.91 Å². The fourth-order valence-corrected chi connectivity index (χ4v) is 2.13. The van der Waals surface area contributed by atoms with Crippen LogP contribution in [-0.2, 0) is 0 Å². The minimum Gasteiger partial charge on any atom is -0.298 e. The predicted octanol–water partition coefficient (Wildman–Crippen LogP) is 2.30. The number of Topliss-reactive ketones (excluding diaryl/α,β-unsaturated/α-hetero) is 1. The number of amides is 1. The standard InChI is InChI=1S/C12H11N3O2S/c1-7-9(4-3-5-13-7)11(17)15-12-14-10(6-18-12)8(2)16/h3-6H,1-2H3,(H,14,15,17). The van der Waals surface area contributed by atoms with Crippen molar-refractivity contribution < 1.29 is 9.59 Å². The van der Waals surface area contributed by atoms with Crippen LogP contribution in [-0.4, -0.2) is 21.7 Å². The van der Waals surface area contributed by atoms with Gasteiger partial charge in [0.2, 0.25) is 0 Å². The van der Waals surface area contributed by atoms with Gasteiger partial charge in [-0.3, -0.25) is 19.9 Å². The molecular formula is C12H11N3O2S. The summed E-state index contributed by atoms with van der Waals surface area (Å²) in [5.74, 6) is -0.394. The number of nitrogens with zero attached hydrogens (tertiary/aromatic N) is 2. The first-order valence-electron chi connectivity index (χ1n) is 5.27. The summed E-state index contributed by atoms with van der Waals surface area (Å²) in [6.07, 6.45) is 1.63. The first-order valence-corrected chi connectivity index (χ1v) is 6.15. The summed E-state index contributed by atoms with van der Waals surface area (Å²) >= 11 is 1.22. The Bertz CT molecular complexity index is 607. The molecule has 0 radical (unpaired) electrons. The number of aryl methyl sites for hydroxylation is 1. The lowest BCUT2D eigenvalue weighted by molar-refractivity contribution is 0.100. The van der Waals surface area contributed by atoms with E-state index >= 15 is 0 Å². The molecule has 2 aromatic rings. The highest BCUT2D eigenvalue weighted by Gasteiger charge is 2.12. The van der Waals surface area contributed by atoms with E-state index in [1.807, 2.05) is 0 Å². The van der Waals surface area contributed by atoms with E-state index in [9.17, 15) is 9.59 Å². The molecule has 0 atom stereocenters. The molecule has 0 aliphatic rings. The van der Waals surface area contributed by atoms with Crippen molar-refractivity contribution in [1.29, 1.82) is 0 Å². The molecule has 0 aliphatic heterocycles. The van der Waals surface area contributed by atoms with Crippen LogP contribution in [0.2, 0.25) is 0 Å². The zero-order chi connectivity index (χ0) is 13.1. The minimum absolute atomic E-state index is 0.121. The number of hydrogen-bond acceptors (Lipinski definition) is 5. The summed E-state index contributed by atoms with van der Waals surface area (Å²) in [5.41, 5.74) is 1.51. The van der Waals surface area contributed by atoms with Crippen LogP contribution in [0.4, 0.5) is 5.13 Å². The van der Waals surface area contributed by atoms with Crippen molar-refractivity contribution in [2.24, 2.45) is 0 Å². The molecule has 5 nitrogen and oxygen atoms in total. The number of carbonyl (C=O) groups is 2. The van der Waals surface area contributed by atoms with Crippen LogP contribution in [0.25, 0.3) is 0 Å². The Morgan fingerprint density at radius 3 is 2.78 bits per heavy atom. The molecule has 0 spiro atoms. The number of thiazole rings is 1. The van der Waals surface area contributed by atoms with Crippen molar-refractivity contribution in [2.45, 2.75) is 13.8 Å². The second-order valence-electron chi connectivity index (χ2n) is 3.68. The van der Waals surface area contributed by atoms with Gasteiger partial charge in [-0.15, -0.1) is 11.3 Å². The molecule has 2 aromatic heterocycles. The predicted molar refractivity (Wildman–Crippen MR) is 69.0 cm³/mol. The molecule has 0 aliphatic carbocycles. The Morgan fingerprint density at radius 2 is 2.17 bits per heavy atom. The van der Waals surface area contributed by atoms with Gasteiger partial charge < -0.3 is 0 Å². The number of ketones is 1. The van der Waals surface area contributed by atoms with E-state index in [0.717, 1.165) is 0 Å². The zero-order valence-corrected chi connectivity index (χ0v) is 10.7. The molecule has 18 heavy (non-hydrogen) atoms. The van der Waals surface area contributed by atoms with E-state index in [4.69, 9.17) is 0 Å². The van der Waals surface area contributed by atoms with Crippen molar-refractivity contribution in [3.8, 4) is 0 Å². The highest BCUT2D eigenvalue weighted by molar-refractivity contribution is 7.14. The lowest BCUT2D eigenvalue weighted by Crippen LogP contribution is -2.13. The summed E-state index contributed by atoms with van der Waals surface area (Å²) in [6, 6.07) is 3.39. The van der Waals surface area contributed by atoms with Crippen LogP contribution < -0.4 is 5.32 Å². The van der Waals surface area contributed by atoms with E-state index in [1.54, 1.807) is 30.6 Å². The highest BCUT2D eigenvalue weighted by atomic mass is 32.1. The van der Waals surface area contributed by atoms with Crippen LogP contribution >= 0.6 is 11.3 Å². The lowest BCUT2D eigenvalue weighted by atomic mass is 10.2. The van der Waals surface area contributed by atoms with Gasteiger partial charge in [-0.25, -0.2) is 4.98 Å². The number of rotatable bonds is 3. The molecule has 2 heterocycles. The minimum atomic E-state index is -0.273. The number of aromatic nitrogens is 2. The number of carbonyl (C=O) groups excluding carboxylic acids is 2. The van der Waals surface area contributed by atoms with Crippen molar-refractivity contribution >= 4 is 28.2 Å². The summed E-state index contributed by atoms with van der Waals surface area (Å²) in [7, 11) is 0. The normalized spacial score (nSPS) is 10.1. The number of hydrogen-bond donors (Lipinski definition) is 1. The SMILES string of the molecule is CC(=O)c1csc(NC(=O)c2cccnc2C)n1. The van der Waals surface area contributed by atoms with Gasteiger partial charge in [0, 0.05) is 24.2 Å². The Balaban J connectivity index is 2.16. The zero-order valence-electron chi connectivity index (χ0n) is 9.93. The molecule has 0 unspecified atom stereocenters. The molecule has 0 saturated heterocycles. The molecule has 6 heteroatoms. The molecular weight excluding hydrogens is 250 g/mol. The monoisotopic (exact) mass is 261 g/mol. The van der Waals surface area contributed by atoms with Gasteiger partial charge in [-0.2, -0.15) is 0 Å². The maximum atomic E-state index is 11.9. The van der Waals surface area contributed by atoms with E-state index in [2.05, 4.69) is 15.3 Å². The van der Waals surface area contributed by atoms with Gasteiger partial charge in [-0.1, -0.05) is 0 Å². The third-order valence-corrected chi connectivity index (χ3v) is 3.09. The molecule has 0 fully saturated rings. The second kappa shape index (κ2) is 5.05. The number of pyridine rings is 1. The fourth-order valence-electron chi connectivity index (χ4n) is 1.38. The van der Waals surface area contributed by atoms with Crippen LogP contribution in [0.5, 0.6) is 0 Å². The summed E-state index contributed by atoms with van der Waals surface area (Å²) in [6.45, 7) is 3.20. The third kappa shape index (κ3) is 2.60. The molecule has 2 rings (SSSR count). The van der Waals surface area contributed by atoms with Gasteiger partial charge in [0.05, 0.1) is 5.56 Å². The Morgan fingerprint density at radius 1 is 1.39 bits per heavy atom.